The number of benzene rings is 1. The topological polar surface area (TPSA) is 103 Å². The summed E-state index contributed by atoms with van der Waals surface area (Å²) >= 11 is 0. The van der Waals surface area contributed by atoms with Crippen molar-refractivity contribution in [3.63, 3.8) is 0 Å². The zero-order valence-electron chi connectivity index (χ0n) is 9.72. The maximum atomic E-state index is 10.7. The quantitative estimate of drug-likeness (QED) is 0.534. The number of hydrazine groups is 1. The number of ether oxygens (including phenoxy) is 1. The lowest BCUT2D eigenvalue weighted by atomic mass is 10.2. The number of para-hydroxylation sites is 1. The Labute approximate surface area is 104 Å². The van der Waals surface area contributed by atoms with Crippen LogP contribution in [0, 0.1) is 0 Å². The van der Waals surface area contributed by atoms with Crippen molar-refractivity contribution in [1.29, 1.82) is 0 Å². The molecule has 1 heterocycles. The first-order chi connectivity index (χ1) is 8.70. The molecule has 1 aromatic carbocycles. The third kappa shape index (κ3) is 2.67. The summed E-state index contributed by atoms with van der Waals surface area (Å²) in [4.78, 5) is 15.0. The Morgan fingerprint density at radius 1 is 1.33 bits per heavy atom. The van der Waals surface area contributed by atoms with E-state index in [0.717, 1.165) is 5.39 Å². The molecule has 0 unspecified atom stereocenters. The standard InChI is InChI=1S/C12H14N4O2/c13-10(17)6-7-18-9-3-1-2-8-4-5-11(16-14)15-12(8)9/h1-5H,6-7,14H2,(H2,13,17)(H,15,16). The number of aromatic nitrogens is 1. The fraction of sp³-hybridized carbons (Fsp3) is 0.167. The molecule has 0 saturated carbocycles. The van der Waals surface area contributed by atoms with Crippen molar-refractivity contribution < 1.29 is 9.53 Å². The van der Waals surface area contributed by atoms with Gasteiger partial charge >= 0.3 is 0 Å². The Balaban J connectivity index is 2.28. The molecule has 18 heavy (non-hydrogen) atoms. The molecule has 0 atom stereocenters. The number of nitrogens with zero attached hydrogens (tertiary/aromatic N) is 1. The Kier molecular flexibility index (Phi) is 3.59. The minimum absolute atomic E-state index is 0.172. The summed E-state index contributed by atoms with van der Waals surface area (Å²) < 4.78 is 5.50. The van der Waals surface area contributed by atoms with Gasteiger partial charge in [-0.3, -0.25) is 4.79 Å². The number of nitrogen functional groups attached to an aromatic ring is 1. The number of fused-ring (bicyclic) bond motifs is 1. The van der Waals surface area contributed by atoms with E-state index in [1.54, 1.807) is 12.1 Å². The number of primary amides is 1. The van der Waals surface area contributed by atoms with E-state index in [9.17, 15) is 4.79 Å². The van der Waals surface area contributed by atoms with Crippen molar-refractivity contribution in [2.75, 3.05) is 12.0 Å². The number of nitrogens with two attached hydrogens (primary N) is 2. The van der Waals surface area contributed by atoms with Gasteiger partial charge in [-0.15, -0.1) is 0 Å². The lowest BCUT2D eigenvalue weighted by Gasteiger charge is -2.08. The van der Waals surface area contributed by atoms with Crippen molar-refractivity contribution in [2.24, 2.45) is 11.6 Å². The molecule has 0 spiro atoms. The third-order valence-electron chi connectivity index (χ3n) is 2.44. The van der Waals surface area contributed by atoms with Gasteiger partial charge in [0, 0.05) is 5.39 Å². The second-order valence-electron chi connectivity index (χ2n) is 3.73. The van der Waals surface area contributed by atoms with Gasteiger partial charge in [-0.2, -0.15) is 0 Å². The monoisotopic (exact) mass is 246 g/mol. The van der Waals surface area contributed by atoms with Gasteiger partial charge in [0.25, 0.3) is 0 Å². The van der Waals surface area contributed by atoms with Crippen LogP contribution in [0.15, 0.2) is 30.3 Å². The molecule has 0 aliphatic heterocycles. The highest BCUT2D eigenvalue weighted by Gasteiger charge is 2.05. The van der Waals surface area contributed by atoms with Crippen molar-refractivity contribution >= 4 is 22.6 Å². The van der Waals surface area contributed by atoms with Gasteiger partial charge < -0.3 is 15.9 Å². The molecule has 0 saturated heterocycles. The second-order valence-corrected chi connectivity index (χ2v) is 3.73. The van der Waals surface area contributed by atoms with Crippen LogP contribution in [0.2, 0.25) is 0 Å². The zero-order chi connectivity index (χ0) is 13.0. The SMILES string of the molecule is NNc1ccc2cccc(OCCC(N)=O)c2n1. The predicted octanol–water partition coefficient (Wildman–Crippen LogP) is 0.775. The van der Waals surface area contributed by atoms with Gasteiger partial charge in [0.2, 0.25) is 5.91 Å². The van der Waals surface area contributed by atoms with Crippen molar-refractivity contribution in [2.45, 2.75) is 6.42 Å². The smallest absolute Gasteiger partial charge is 0.220 e. The highest BCUT2D eigenvalue weighted by molar-refractivity contribution is 5.85. The molecule has 1 amide bonds. The van der Waals surface area contributed by atoms with Crippen molar-refractivity contribution in [3.8, 4) is 5.75 Å². The molecule has 5 N–H and O–H groups in total. The minimum atomic E-state index is -0.396. The fourth-order valence-corrected chi connectivity index (χ4v) is 1.58. The molecule has 1 aromatic heterocycles. The van der Waals surface area contributed by atoms with E-state index in [0.29, 0.717) is 17.1 Å². The molecule has 2 rings (SSSR count). The Hall–Kier alpha value is -2.34. The highest BCUT2D eigenvalue weighted by atomic mass is 16.5. The molecule has 0 aliphatic rings. The van der Waals surface area contributed by atoms with Crippen LogP contribution in [-0.2, 0) is 4.79 Å². The summed E-state index contributed by atoms with van der Waals surface area (Å²) in [5.41, 5.74) is 8.23. The molecule has 0 aliphatic carbocycles. The van der Waals surface area contributed by atoms with E-state index in [4.69, 9.17) is 16.3 Å². The Bertz CT molecular complexity index is 571. The molecular formula is C12H14N4O2. The van der Waals surface area contributed by atoms with E-state index in [-0.39, 0.29) is 13.0 Å². The number of anilines is 1. The van der Waals surface area contributed by atoms with Gasteiger partial charge in [-0.1, -0.05) is 12.1 Å². The van der Waals surface area contributed by atoms with Crippen LogP contribution < -0.4 is 21.7 Å². The number of rotatable bonds is 5. The van der Waals surface area contributed by atoms with Crippen LogP contribution in [0.3, 0.4) is 0 Å². The van der Waals surface area contributed by atoms with Gasteiger partial charge in [-0.25, -0.2) is 10.8 Å². The molecule has 2 aromatic rings. The molecular weight excluding hydrogens is 232 g/mol. The van der Waals surface area contributed by atoms with Gasteiger partial charge in [0.05, 0.1) is 13.0 Å². The number of nitrogens with one attached hydrogen (secondary N) is 1. The van der Waals surface area contributed by atoms with E-state index in [1.165, 1.54) is 0 Å². The summed E-state index contributed by atoms with van der Waals surface area (Å²) in [6.07, 6.45) is 0.172. The predicted molar refractivity (Wildman–Crippen MR) is 68.9 cm³/mol. The molecule has 6 nitrogen and oxygen atoms in total. The lowest BCUT2D eigenvalue weighted by molar-refractivity contribution is -0.118. The summed E-state index contributed by atoms with van der Waals surface area (Å²) in [6, 6.07) is 9.23. The lowest BCUT2D eigenvalue weighted by Crippen LogP contribution is -2.14. The molecule has 0 radical (unpaired) electrons. The van der Waals surface area contributed by atoms with Crippen LogP contribution in [0.25, 0.3) is 10.9 Å². The van der Waals surface area contributed by atoms with Crippen molar-refractivity contribution in [3.05, 3.63) is 30.3 Å². The number of hydrogen-bond donors (Lipinski definition) is 3. The second kappa shape index (κ2) is 5.33. The Morgan fingerprint density at radius 3 is 2.89 bits per heavy atom. The summed E-state index contributed by atoms with van der Waals surface area (Å²) in [5.74, 6) is 6.07. The number of pyridine rings is 1. The van der Waals surface area contributed by atoms with Crippen LogP contribution in [0.1, 0.15) is 6.42 Å². The van der Waals surface area contributed by atoms with Gasteiger partial charge in [0.15, 0.2) is 0 Å². The average molecular weight is 246 g/mol. The number of amides is 1. The summed E-state index contributed by atoms with van der Waals surface area (Å²) in [7, 11) is 0. The maximum absolute atomic E-state index is 10.7. The third-order valence-corrected chi connectivity index (χ3v) is 2.44. The fourth-order valence-electron chi connectivity index (χ4n) is 1.58. The first-order valence-electron chi connectivity index (χ1n) is 5.48. The van der Waals surface area contributed by atoms with Crippen LogP contribution in [0.5, 0.6) is 5.75 Å². The van der Waals surface area contributed by atoms with Crippen LogP contribution >= 0.6 is 0 Å². The van der Waals surface area contributed by atoms with Gasteiger partial charge in [0.1, 0.15) is 17.1 Å². The Morgan fingerprint density at radius 2 is 2.17 bits per heavy atom. The minimum Gasteiger partial charge on any atom is -0.491 e. The van der Waals surface area contributed by atoms with Crippen LogP contribution in [0.4, 0.5) is 5.82 Å². The van der Waals surface area contributed by atoms with E-state index >= 15 is 0 Å². The normalized spacial score (nSPS) is 10.3. The van der Waals surface area contributed by atoms with E-state index in [2.05, 4.69) is 10.4 Å². The maximum Gasteiger partial charge on any atom is 0.220 e. The zero-order valence-corrected chi connectivity index (χ0v) is 9.72. The molecule has 94 valence electrons. The largest absolute Gasteiger partial charge is 0.491 e. The number of carbonyl (C=O) groups is 1. The number of hydrogen-bond acceptors (Lipinski definition) is 5. The van der Waals surface area contributed by atoms with E-state index in [1.807, 2.05) is 18.2 Å². The summed E-state index contributed by atoms with van der Waals surface area (Å²) in [6.45, 7) is 0.233. The number of carbonyl (C=O) groups excluding carboxylic acids is 1. The highest BCUT2D eigenvalue weighted by Crippen LogP contribution is 2.25. The van der Waals surface area contributed by atoms with Crippen molar-refractivity contribution in [1.82, 2.24) is 4.98 Å². The molecule has 0 bridgehead atoms. The average Bonchev–Trinajstić information content (AvgIpc) is 2.38. The molecule has 6 heteroatoms. The van der Waals surface area contributed by atoms with Crippen LogP contribution in [-0.4, -0.2) is 17.5 Å². The molecule has 0 fully saturated rings. The summed E-state index contributed by atoms with van der Waals surface area (Å²) in [5, 5.41) is 0.936. The van der Waals surface area contributed by atoms with E-state index < -0.39 is 5.91 Å². The first-order valence-corrected chi connectivity index (χ1v) is 5.48. The first kappa shape index (κ1) is 12.1. The van der Waals surface area contributed by atoms with Gasteiger partial charge in [-0.05, 0) is 18.2 Å².